The molecule has 0 radical (unpaired) electrons. The number of carbonyl (C=O) groups excluding carboxylic acids is 2. The standard InChI is InChI=1S/C22H20Cl2N2O3/c23-17-8-9-18(24)16(14-17)10-11-25-21(27)19(13-15-5-2-1-3-6-15)26-22(28)20-7-4-12-29-20/h1-9,12,14,19H,10-11,13H2,(H,25,27)(H,26,28). The van der Waals surface area contributed by atoms with Gasteiger partial charge in [-0.05, 0) is 47.9 Å². The van der Waals surface area contributed by atoms with Crippen LogP contribution in [0.25, 0.3) is 0 Å². The van der Waals surface area contributed by atoms with Crippen LogP contribution in [0.15, 0.2) is 71.3 Å². The molecule has 0 aliphatic rings. The number of furan rings is 1. The maximum absolute atomic E-state index is 12.8. The van der Waals surface area contributed by atoms with E-state index in [-0.39, 0.29) is 11.7 Å². The highest BCUT2D eigenvalue weighted by Gasteiger charge is 2.22. The summed E-state index contributed by atoms with van der Waals surface area (Å²) in [6.07, 6.45) is 2.29. The van der Waals surface area contributed by atoms with Crippen LogP contribution in [0.3, 0.4) is 0 Å². The van der Waals surface area contributed by atoms with E-state index >= 15 is 0 Å². The SMILES string of the molecule is O=C(NC(Cc1ccccc1)C(=O)NCCc1cc(Cl)ccc1Cl)c1ccco1. The van der Waals surface area contributed by atoms with Crippen LogP contribution >= 0.6 is 23.2 Å². The second kappa shape index (κ2) is 10.1. The molecule has 7 heteroatoms. The van der Waals surface area contributed by atoms with Crippen molar-refractivity contribution >= 4 is 35.0 Å². The summed E-state index contributed by atoms with van der Waals surface area (Å²) in [6.45, 7) is 0.362. The van der Waals surface area contributed by atoms with Gasteiger partial charge in [-0.25, -0.2) is 0 Å². The van der Waals surface area contributed by atoms with Gasteiger partial charge in [0.25, 0.3) is 5.91 Å². The monoisotopic (exact) mass is 430 g/mol. The summed E-state index contributed by atoms with van der Waals surface area (Å²) < 4.78 is 5.12. The molecule has 29 heavy (non-hydrogen) atoms. The highest BCUT2D eigenvalue weighted by atomic mass is 35.5. The predicted molar refractivity (Wildman–Crippen MR) is 113 cm³/mol. The molecular formula is C22H20Cl2N2O3. The van der Waals surface area contributed by atoms with Gasteiger partial charge in [0.1, 0.15) is 6.04 Å². The zero-order chi connectivity index (χ0) is 20.6. The minimum Gasteiger partial charge on any atom is -0.459 e. The van der Waals surface area contributed by atoms with Crippen molar-refractivity contribution in [3.8, 4) is 0 Å². The molecule has 2 N–H and O–H groups in total. The second-order valence-electron chi connectivity index (χ2n) is 6.47. The quantitative estimate of drug-likeness (QED) is 0.559. The van der Waals surface area contributed by atoms with E-state index in [1.807, 2.05) is 30.3 Å². The van der Waals surface area contributed by atoms with Crippen molar-refractivity contribution in [1.82, 2.24) is 10.6 Å². The minimum absolute atomic E-state index is 0.154. The lowest BCUT2D eigenvalue weighted by molar-refractivity contribution is -0.122. The average molecular weight is 431 g/mol. The number of hydrogen-bond acceptors (Lipinski definition) is 3. The largest absolute Gasteiger partial charge is 0.459 e. The summed E-state index contributed by atoms with van der Waals surface area (Å²) in [5.41, 5.74) is 1.78. The van der Waals surface area contributed by atoms with Crippen LogP contribution in [-0.4, -0.2) is 24.4 Å². The van der Waals surface area contributed by atoms with Gasteiger partial charge in [-0.1, -0.05) is 53.5 Å². The van der Waals surface area contributed by atoms with Crippen LogP contribution in [0.2, 0.25) is 10.0 Å². The molecular weight excluding hydrogens is 411 g/mol. The van der Waals surface area contributed by atoms with Crippen LogP contribution in [0, 0.1) is 0 Å². The Morgan fingerprint density at radius 2 is 1.79 bits per heavy atom. The Bertz CT molecular complexity index is 959. The molecule has 1 heterocycles. The van der Waals surface area contributed by atoms with Crippen LogP contribution in [0.5, 0.6) is 0 Å². The van der Waals surface area contributed by atoms with Gasteiger partial charge in [0.15, 0.2) is 5.76 Å². The van der Waals surface area contributed by atoms with Crippen molar-refractivity contribution in [1.29, 1.82) is 0 Å². The topological polar surface area (TPSA) is 71.3 Å². The van der Waals surface area contributed by atoms with E-state index in [2.05, 4.69) is 10.6 Å². The molecule has 0 spiro atoms. The zero-order valence-corrected chi connectivity index (χ0v) is 17.0. The molecule has 1 unspecified atom stereocenters. The van der Waals surface area contributed by atoms with Crippen molar-refractivity contribution in [3.63, 3.8) is 0 Å². The Balaban J connectivity index is 1.64. The third-order valence-corrected chi connectivity index (χ3v) is 4.95. The first-order chi connectivity index (χ1) is 14.0. The number of carbonyl (C=O) groups is 2. The molecule has 1 atom stereocenters. The van der Waals surface area contributed by atoms with Gasteiger partial charge in [0, 0.05) is 23.0 Å². The minimum atomic E-state index is -0.746. The van der Waals surface area contributed by atoms with E-state index in [9.17, 15) is 9.59 Å². The Morgan fingerprint density at radius 3 is 2.52 bits per heavy atom. The molecule has 5 nitrogen and oxygen atoms in total. The van der Waals surface area contributed by atoms with Gasteiger partial charge in [0.05, 0.1) is 6.26 Å². The number of hydrogen-bond donors (Lipinski definition) is 2. The van der Waals surface area contributed by atoms with E-state index in [0.29, 0.717) is 29.4 Å². The molecule has 1 aromatic heterocycles. The van der Waals surface area contributed by atoms with Gasteiger partial charge in [-0.15, -0.1) is 0 Å². The second-order valence-corrected chi connectivity index (χ2v) is 7.31. The van der Waals surface area contributed by atoms with Crippen LogP contribution in [0.4, 0.5) is 0 Å². The smallest absolute Gasteiger partial charge is 0.287 e. The number of halogens is 2. The van der Waals surface area contributed by atoms with E-state index in [4.69, 9.17) is 27.6 Å². The number of rotatable bonds is 8. The summed E-state index contributed by atoms with van der Waals surface area (Å²) in [5.74, 6) is -0.572. The molecule has 0 fully saturated rings. The van der Waals surface area contributed by atoms with Gasteiger partial charge in [-0.3, -0.25) is 9.59 Å². The van der Waals surface area contributed by atoms with Crippen molar-refractivity contribution in [3.05, 3.63) is 93.9 Å². The molecule has 3 aromatic rings. The molecule has 0 saturated carbocycles. The van der Waals surface area contributed by atoms with E-state index < -0.39 is 11.9 Å². The van der Waals surface area contributed by atoms with Crippen LogP contribution in [-0.2, 0) is 17.6 Å². The first-order valence-corrected chi connectivity index (χ1v) is 9.88. The Kier molecular flexibility index (Phi) is 7.33. The van der Waals surface area contributed by atoms with E-state index in [0.717, 1.165) is 11.1 Å². The average Bonchev–Trinajstić information content (AvgIpc) is 3.26. The Morgan fingerprint density at radius 1 is 1.00 bits per heavy atom. The summed E-state index contributed by atoms with van der Waals surface area (Å²) in [7, 11) is 0. The first-order valence-electron chi connectivity index (χ1n) is 9.13. The van der Waals surface area contributed by atoms with Crippen LogP contribution < -0.4 is 10.6 Å². The fourth-order valence-corrected chi connectivity index (χ4v) is 3.28. The molecule has 0 aliphatic carbocycles. The maximum atomic E-state index is 12.8. The fraction of sp³-hybridized carbons (Fsp3) is 0.182. The normalized spacial score (nSPS) is 11.7. The summed E-state index contributed by atoms with van der Waals surface area (Å²) in [6, 6.07) is 17.1. The summed E-state index contributed by atoms with van der Waals surface area (Å²) in [4.78, 5) is 25.2. The Labute approximate surface area is 179 Å². The molecule has 0 saturated heterocycles. The lowest BCUT2D eigenvalue weighted by Gasteiger charge is -2.18. The summed E-state index contributed by atoms with van der Waals surface area (Å²) in [5, 5.41) is 6.79. The first kappa shape index (κ1) is 21.0. The Hall–Kier alpha value is -2.76. The van der Waals surface area contributed by atoms with Gasteiger partial charge in [-0.2, -0.15) is 0 Å². The zero-order valence-electron chi connectivity index (χ0n) is 15.5. The molecule has 3 rings (SSSR count). The van der Waals surface area contributed by atoms with Gasteiger partial charge < -0.3 is 15.1 Å². The number of benzene rings is 2. The number of nitrogens with one attached hydrogen (secondary N) is 2. The van der Waals surface area contributed by atoms with E-state index in [1.54, 1.807) is 30.3 Å². The number of amides is 2. The third-order valence-electron chi connectivity index (χ3n) is 4.35. The lowest BCUT2D eigenvalue weighted by Crippen LogP contribution is -2.48. The molecule has 2 aromatic carbocycles. The van der Waals surface area contributed by atoms with Gasteiger partial charge in [0.2, 0.25) is 5.91 Å². The van der Waals surface area contributed by atoms with Crippen molar-refractivity contribution < 1.29 is 14.0 Å². The highest BCUT2D eigenvalue weighted by molar-refractivity contribution is 6.33. The van der Waals surface area contributed by atoms with Crippen LogP contribution in [0.1, 0.15) is 21.7 Å². The summed E-state index contributed by atoms with van der Waals surface area (Å²) >= 11 is 12.2. The molecule has 2 amide bonds. The van der Waals surface area contributed by atoms with Crippen molar-refractivity contribution in [2.45, 2.75) is 18.9 Å². The fourth-order valence-electron chi connectivity index (χ4n) is 2.87. The highest BCUT2D eigenvalue weighted by Crippen LogP contribution is 2.20. The molecule has 0 aliphatic heterocycles. The van der Waals surface area contributed by atoms with Crippen molar-refractivity contribution in [2.75, 3.05) is 6.54 Å². The lowest BCUT2D eigenvalue weighted by atomic mass is 10.0. The maximum Gasteiger partial charge on any atom is 0.287 e. The third kappa shape index (κ3) is 6.11. The van der Waals surface area contributed by atoms with Gasteiger partial charge >= 0.3 is 0 Å². The van der Waals surface area contributed by atoms with E-state index in [1.165, 1.54) is 6.26 Å². The molecule has 150 valence electrons. The predicted octanol–water partition coefficient (Wildman–Crippen LogP) is 4.29. The van der Waals surface area contributed by atoms with Crippen molar-refractivity contribution in [2.24, 2.45) is 0 Å². The molecule has 0 bridgehead atoms.